The number of unbranched alkanes of at least 4 members (excludes halogenated alkanes) is 3. The lowest BCUT2D eigenvalue weighted by molar-refractivity contribution is 0.00279. The van der Waals surface area contributed by atoms with Crippen molar-refractivity contribution in [3.8, 4) is 0 Å². The fraction of sp³-hybridized carbons (Fsp3) is 1.00. The van der Waals surface area contributed by atoms with Gasteiger partial charge in [-0.1, -0.05) is 12.8 Å². The zero-order valence-corrected chi connectivity index (χ0v) is 16.0. The number of hydrogen-bond donors (Lipinski definition) is 1. The summed E-state index contributed by atoms with van der Waals surface area (Å²) in [6.07, 6.45) is 5.11. The fourth-order valence-electron chi connectivity index (χ4n) is 2.14. The Labute approximate surface area is 132 Å². The molecule has 0 atom stereocenters. The minimum absolute atomic E-state index is 0.136. The number of rotatable bonds is 12. The standard InChI is InChI=1S/C15H34O3SSi/c1-13(2)16-20(17-14(3)4,18-15(5)6)12-10-8-7-9-11-19/h13-15,19H,7-12H2,1-6H3. The Morgan fingerprint density at radius 2 is 1.10 bits per heavy atom. The topological polar surface area (TPSA) is 27.7 Å². The van der Waals surface area contributed by atoms with Gasteiger partial charge >= 0.3 is 8.80 Å². The van der Waals surface area contributed by atoms with Crippen LogP contribution < -0.4 is 0 Å². The van der Waals surface area contributed by atoms with Crippen LogP contribution >= 0.6 is 12.6 Å². The van der Waals surface area contributed by atoms with E-state index in [-0.39, 0.29) is 18.3 Å². The second kappa shape index (κ2) is 11.1. The van der Waals surface area contributed by atoms with Gasteiger partial charge in [0.2, 0.25) is 0 Å². The normalized spacial score (nSPS) is 12.9. The summed E-state index contributed by atoms with van der Waals surface area (Å²) in [4.78, 5) is 0. The molecule has 0 aromatic heterocycles. The highest BCUT2D eigenvalue weighted by Gasteiger charge is 2.43. The second-order valence-corrected chi connectivity index (χ2v) is 9.09. The average Bonchev–Trinajstić information content (AvgIpc) is 2.25. The Balaban J connectivity index is 4.60. The molecule has 0 spiro atoms. The Morgan fingerprint density at radius 3 is 1.45 bits per heavy atom. The van der Waals surface area contributed by atoms with Crippen LogP contribution in [0, 0.1) is 0 Å². The van der Waals surface area contributed by atoms with E-state index in [1.165, 1.54) is 19.3 Å². The molecule has 3 nitrogen and oxygen atoms in total. The van der Waals surface area contributed by atoms with Crippen molar-refractivity contribution in [1.82, 2.24) is 0 Å². The first-order valence-electron chi connectivity index (χ1n) is 7.95. The van der Waals surface area contributed by atoms with Gasteiger partial charge in [-0.25, -0.2) is 0 Å². The molecule has 0 saturated carbocycles. The first-order valence-corrected chi connectivity index (χ1v) is 10.5. The van der Waals surface area contributed by atoms with Gasteiger partial charge < -0.3 is 13.3 Å². The summed E-state index contributed by atoms with van der Waals surface area (Å²) in [5.74, 6) is 0.968. The van der Waals surface area contributed by atoms with Crippen LogP contribution in [0.25, 0.3) is 0 Å². The smallest absolute Gasteiger partial charge is 0.371 e. The molecular formula is C15H34O3SSi. The molecule has 0 radical (unpaired) electrons. The largest absolute Gasteiger partial charge is 0.501 e. The lowest BCUT2D eigenvalue weighted by atomic mass is 10.2. The van der Waals surface area contributed by atoms with Crippen molar-refractivity contribution in [2.24, 2.45) is 0 Å². The van der Waals surface area contributed by atoms with E-state index in [1.54, 1.807) is 0 Å². The third-order valence-corrected chi connectivity index (χ3v) is 6.41. The summed E-state index contributed by atoms with van der Waals surface area (Å²) in [7, 11) is -2.56. The minimum Gasteiger partial charge on any atom is -0.371 e. The van der Waals surface area contributed by atoms with Crippen molar-refractivity contribution in [3.05, 3.63) is 0 Å². The van der Waals surface area contributed by atoms with Crippen molar-refractivity contribution in [3.63, 3.8) is 0 Å². The summed E-state index contributed by atoms with van der Waals surface area (Å²) in [5, 5.41) is 0. The Bertz CT molecular complexity index is 209. The molecule has 0 unspecified atom stereocenters. The van der Waals surface area contributed by atoms with Gasteiger partial charge in [0.1, 0.15) is 0 Å². The third-order valence-electron chi connectivity index (χ3n) is 2.64. The second-order valence-electron chi connectivity index (χ2n) is 6.07. The van der Waals surface area contributed by atoms with Crippen molar-refractivity contribution in [2.45, 2.75) is 91.6 Å². The maximum atomic E-state index is 6.15. The van der Waals surface area contributed by atoms with Crippen LogP contribution in [0.2, 0.25) is 6.04 Å². The summed E-state index contributed by atoms with van der Waals surface area (Å²) in [6, 6.07) is 0.911. The van der Waals surface area contributed by atoms with Crippen LogP contribution in [0.15, 0.2) is 0 Å². The molecule has 0 heterocycles. The predicted molar refractivity (Wildman–Crippen MR) is 91.5 cm³/mol. The van der Waals surface area contributed by atoms with Crippen molar-refractivity contribution < 1.29 is 13.3 Å². The molecule has 5 heteroatoms. The van der Waals surface area contributed by atoms with Crippen LogP contribution in [-0.2, 0) is 13.3 Å². The van der Waals surface area contributed by atoms with Crippen molar-refractivity contribution >= 4 is 21.4 Å². The van der Waals surface area contributed by atoms with E-state index in [9.17, 15) is 0 Å². The predicted octanol–water partition coefficient (Wildman–Crippen LogP) is 4.69. The lowest BCUT2D eigenvalue weighted by Gasteiger charge is -2.34. The van der Waals surface area contributed by atoms with Crippen LogP contribution in [0.5, 0.6) is 0 Å². The maximum absolute atomic E-state index is 6.15. The maximum Gasteiger partial charge on any atom is 0.501 e. The van der Waals surface area contributed by atoms with E-state index in [0.717, 1.165) is 18.2 Å². The molecule has 0 aliphatic rings. The van der Waals surface area contributed by atoms with Crippen LogP contribution in [-0.4, -0.2) is 32.9 Å². The van der Waals surface area contributed by atoms with E-state index in [0.29, 0.717) is 0 Å². The van der Waals surface area contributed by atoms with Crippen LogP contribution in [0.4, 0.5) is 0 Å². The van der Waals surface area contributed by atoms with Crippen molar-refractivity contribution in [1.29, 1.82) is 0 Å². The van der Waals surface area contributed by atoms with Gasteiger partial charge in [0, 0.05) is 24.4 Å². The molecule has 0 fully saturated rings. The first-order chi connectivity index (χ1) is 9.31. The zero-order valence-electron chi connectivity index (χ0n) is 14.1. The Kier molecular flexibility index (Phi) is 11.3. The third kappa shape index (κ3) is 10.2. The van der Waals surface area contributed by atoms with Gasteiger partial charge in [-0.3, -0.25) is 0 Å². The van der Waals surface area contributed by atoms with Crippen LogP contribution in [0.3, 0.4) is 0 Å². The summed E-state index contributed by atoms with van der Waals surface area (Å²) < 4.78 is 18.4. The molecule has 0 aromatic carbocycles. The zero-order chi connectivity index (χ0) is 15.6. The van der Waals surface area contributed by atoms with Gasteiger partial charge in [0.15, 0.2) is 0 Å². The Morgan fingerprint density at radius 1 is 0.700 bits per heavy atom. The lowest BCUT2D eigenvalue weighted by Crippen LogP contribution is -2.50. The van der Waals surface area contributed by atoms with Gasteiger partial charge in [0.25, 0.3) is 0 Å². The molecule has 0 aromatic rings. The SMILES string of the molecule is CC(C)O[Si](CCCCCCS)(OC(C)C)OC(C)C. The van der Waals surface area contributed by atoms with Crippen molar-refractivity contribution in [2.75, 3.05) is 5.75 Å². The van der Waals surface area contributed by atoms with Gasteiger partial charge in [-0.05, 0) is 60.1 Å². The molecule has 0 aliphatic carbocycles. The highest BCUT2D eigenvalue weighted by molar-refractivity contribution is 7.80. The quantitative estimate of drug-likeness (QED) is 0.321. The van der Waals surface area contributed by atoms with Crippen LogP contribution in [0.1, 0.15) is 67.2 Å². The van der Waals surface area contributed by atoms with E-state index in [4.69, 9.17) is 13.3 Å². The molecule has 0 amide bonds. The summed E-state index contributed by atoms with van der Waals surface area (Å²) in [6.45, 7) is 12.3. The van der Waals surface area contributed by atoms with Gasteiger partial charge in [0.05, 0.1) is 0 Å². The average molecular weight is 323 g/mol. The van der Waals surface area contributed by atoms with Gasteiger partial charge in [-0.2, -0.15) is 12.6 Å². The molecular weight excluding hydrogens is 288 g/mol. The highest BCUT2D eigenvalue weighted by Crippen LogP contribution is 2.25. The Hall–Kier alpha value is 0.447. The molecule has 0 N–H and O–H groups in total. The number of thiol groups is 1. The fourth-order valence-corrected chi connectivity index (χ4v) is 5.73. The summed E-state index contributed by atoms with van der Waals surface area (Å²) >= 11 is 4.25. The monoisotopic (exact) mass is 322 g/mol. The number of hydrogen-bond acceptors (Lipinski definition) is 4. The van der Waals surface area contributed by atoms with E-state index in [2.05, 4.69) is 54.2 Å². The summed E-state index contributed by atoms with van der Waals surface area (Å²) in [5.41, 5.74) is 0. The first kappa shape index (κ1) is 20.4. The molecule has 0 saturated heterocycles. The van der Waals surface area contributed by atoms with E-state index < -0.39 is 8.80 Å². The minimum atomic E-state index is -2.56. The molecule has 20 heavy (non-hydrogen) atoms. The van der Waals surface area contributed by atoms with E-state index >= 15 is 0 Å². The van der Waals surface area contributed by atoms with Gasteiger partial charge in [-0.15, -0.1) is 0 Å². The van der Waals surface area contributed by atoms with E-state index in [1.807, 2.05) is 0 Å². The molecule has 122 valence electrons. The molecule has 0 aliphatic heterocycles. The molecule has 0 bridgehead atoms. The molecule has 0 rings (SSSR count). The highest BCUT2D eigenvalue weighted by atomic mass is 32.1.